The van der Waals surface area contributed by atoms with E-state index in [4.69, 9.17) is 9.47 Å². The number of rotatable bonds is 5. The predicted octanol–water partition coefficient (Wildman–Crippen LogP) is 4.35. The molecule has 0 aliphatic carbocycles. The lowest BCUT2D eigenvalue weighted by molar-refractivity contribution is -0.157. The van der Waals surface area contributed by atoms with Gasteiger partial charge in [-0.3, -0.25) is 4.79 Å². The van der Waals surface area contributed by atoms with Crippen LogP contribution in [0.15, 0.2) is 54.6 Å². The minimum absolute atomic E-state index is 0.203. The number of halogens is 1. The van der Waals surface area contributed by atoms with Gasteiger partial charge in [-0.05, 0) is 49.4 Å². The fraction of sp³-hybridized carbons (Fsp3) is 0.391. The van der Waals surface area contributed by atoms with Gasteiger partial charge in [-0.25, -0.2) is 9.18 Å². The average molecular weight is 399 g/mol. The van der Waals surface area contributed by atoms with Crippen molar-refractivity contribution in [2.45, 2.75) is 38.8 Å². The molecule has 0 spiro atoms. The largest absolute Gasteiger partial charge is 0.469 e. The number of ether oxygens (including phenoxy) is 2. The number of methoxy groups -OCH3 is 1. The molecule has 1 aliphatic heterocycles. The summed E-state index contributed by atoms with van der Waals surface area (Å²) in [7, 11) is 1.36. The van der Waals surface area contributed by atoms with Crippen molar-refractivity contribution in [3.8, 4) is 0 Å². The second-order valence-corrected chi connectivity index (χ2v) is 7.62. The first-order valence-corrected chi connectivity index (χ1v) is 9.74. The Hall–Kier alpha value is -2.89. The van der Waals surface area contributed by atoms with Gasteiger partial charge >= 0.3 is 12.1 Å². The zero-order valence-electron chi connectivity index (χ0n) is 16.8. The SMILES string of the molecule is COC(=O)[C@@]1(Cc2cccc(F)c2)CCN(C(=O)OCc2ccccc2)[C@@H](C)C1. The first-order chi connectivity index (χ1) is 13.9. The molecule has 2 atom stereocenters. The van der Waals surface area contributed by atoms with E-state index in [0.717, 1.165) is 11.1 Å². The van der Waals surface area contributed by atoms with Crippen LogP contribution in [0, 0.1) is 11.2 Å². The number of benzene rings is 2. The normalized spacial score (nSPS) is 21.5. The minimum atomic E-state index is -0.793. The second kappa shape index (κ2) is 9.07. The molecule has 6 heteroatoms. The maximum Gasteiger partial charge on any atom is 0.410 e. The molecule has 0 aromatic heterocycles. The van der Waals surface area contributed by atoms with Gasteiger partial charge in [0.1, 0.15) is 12.4 Å². The van der Waals surface area contributed by atoms with Gasteiger partial charge in [0.25, 0.3) is 0 Å². The van der Waals surface area contributed by atoms with Crippen LogP contribution in [0.1, 0.15) is 30.9 Å². The highest BCUT2D eigenvalue weighted by molar-refractivity contribution is 5.78. The van der Waals surface area contributed by atoms with Crippen LogP contribution in [0.5, 0.6) is 0 Å². The van der Waals surface area contributed by atoms with Gasteiger partial charge in [-0.1, -0.05) is 42.5 Å². The van der Waals surface area contributed by atoms with Crippen molar-refractivity contribution in [3.05, 3.63) is 71.5 Å². The van der Waals surface area contributed by atoms with E-state index in [-0.39, 0.29) is 24.4 Å². The van der Waals surface area contributed by atoms with Crippen LogP contribution < -0.4 is 0 Å². The summed E-state index contributed by atoms with van der Waals surface area (Å²) < 4.78 is 24.1. The van der Waals surface area contributed by atoms with Crippen molar-refractivity contribution >= 4 is 12.1 Å². The topological polar surface area (TPSA) is 55.8 Å². The van der Waals surface area contributed by atoms with Gasteiger partial charge in [-0.2, -0.15) is 0 Å². The lowest BCUT2D eigenvalue weighted by Crippen LogP contribution is -2.52. The molecule has 1 amide bonds. The van der Waals surface area contributed by atoms with Crippen molar-refractivity contribution in [2.24, 2.45) is 5.41 Å². The van der Waals surface area contributed by atoms with Crippen molar-refractivity contribution < 1.29 is 23.5 Å². The number of likely N-dealkylation sites (tertiary alicyclic amines) is 1. The van der Waals surface area contributed by atoms with Crippen LogP contribution in [0.3, 0.4) is 0 Å². The van der Waals surface area contributed by atoms with Crippen molar-refractivity contribution in [3.63, 3.8) is 0 Å². The first kappa shape index (κ1) is 20.8. The van der Waals surface area contributed by atoms with Crippen LogP contribution in [0.2, 0.25) is 0 Å². The minimum Gasteiger partial charge on any atom is -0.469 e. The highest BCUT2D eigenvalue weighted by Crippen LogP contribution is 2.39. The third kappa shape index (κ3) is 4.94. The number of carbonyl (C=O) groups excluding carboxylic acids is 2. The van der Waals surface area contributed by atoms with Gasteiger partial charge in [0.05, 0.1) is 12.5 Å². The third-order valence-electron chi connectivity index (χ3n) is 5.54. The summed E-state index contributed by atoms with van der Waals surface area (Å²) in [4.78, 5) is 26.9. The Morgan fingerprint density at radius 3 is 2.52 bits per heavy atom. The zero-order chi connectivity index (χ0) is 20.9. The molecule has 0 saturated carbocycles. The van der Waals surface area contributed by atoms with Gasteiger partial charge < -0.3 is 14.4 Å². The number of hydrogen-bond donors (Lipinski definition) is 0. The number of hydrogen-bond acceptors (Lipinski definition) is 4. The smallest absolute Gasteiger partial charge is 0.410 e. The Morgan fingerprint density at radius 2 is 1.86 bits per heavy atom. The Kier molecular flexibility index (Phi) is 6.52. The number of nitrogens with zero attached hydrogens (tertiary/aromatic N) is 1. The second-order valence-electron chi connectivity index (χ2n) is 7.62. The van der Waals surface area contributed by atoms with E-state index in [0.29, 0.717) is 25.8 Å². The van der Waals surface area contributed by atoms with Crippen LogP contribution >= 0.6 is 0 Å². The number of carbonyl (C=O) groups is 2. The first-order valence-electron chi connectivity index (χ1n) is 9.74. The van der Waals surface area contributed by atoms with Gasteiger partial charge in [-0.15, -0.1) is 0 Å². The molecule has 3 rings (SSSR count). The van der Waals surface area contributed by atoms with Crippen LogP contribution in [0.25, 0.3) is 0 Å². The van der Waals surface area contributed by atoms with E-state index < -0.39 is 11.5 Å². The summed E-state index contributed by atoms with van der Waals surface area (Å²) >= 11 is 0. The monoisotopic (exact) mass is 399 g/mol. The predicted molar refractivity (Wildman–Crippen MR) is 107 cm³/mol. The third-order valence-corrected chi connectivity index (χ3v) is 5.54. The Morgan fingerprint density at radius 1 is 1.14 bits per heavy atom. The molecule has 2 aromatic carbocycles. The molecule has 1 aliphatic rings. The standard InChI is InChI=1S/C23H26FNO4/c1-17-14-23(21(26)28-2,15-19-9-6-10-20(24)13-19)11-12-25(17)22(27)29-16-18-7-4-3-5-8-18/h3-10,13,17H,11-12,14-16H2,1-2H3/t17-,23-/m0/s1. The maximum absolute atomic E-state index is 13.6. The molecule has 0 bridgehead atoms. The number of piperidine rings is 1. The summed E-state index contributed by atoms with van der Waals surface area (Å²) in [6.45, 7) is 2.47. The summed E-state index contributed by atoms with van der Waals surface area (Å²) in [5.41, 5.74) is 0.862. The van der Waals surface area contributed by atoms with E-state index in [9.17, 15) is 14.0 Å². The van der Waals surface area contributed by atoms with E-state index in [1.54, 1.807) is 17.0 Å². The Balaban J connectivity index is 1.68. The molecule has 0 unspecified atom stereocenters. The van der Waals surface area contributed by atoms with Crippen LogP contribution in [0.4, 0.5) is 9.18 Å². The molecule has 1 fully saturated rings. The summed E-state index contributed by atoms with van der Waals surface area (Å²) in [6, 6.07) is 15.5. The highest BCUT2D eigenvalue weighted by Gasteiger charge is 2.46. The van der Waals surface area contributed by atoms with Crippen LogP contribution in [-0.2, 0) is 27.3 Å². The molecule has 29 heavy (non-hydrogen) atoms. The van der Waals surface area contributed by atoms with E-state index in [2.05, 4.69) is 0 Å². The molecule has 5 nitrogen and oxygen atoms in total. The average Bonchev–Trinajstić information content (AvgIpc) is 2.72. The van der Waals surface area contributed by atoms with E-state index in [1.807, 2.05) is 37.3 Å². The molecule has 0 N–H and O–H groups in total. The Labute approximate surface area is 170 Å². The molecule has 1 heterocycles. The fourth-order valence-corrected chi connectivity index (χ4v) is 4.08. The van der Waals surface area contributed by atoms with Gasteiger partial charge in [0.2, 0.25) is 0 Å². The fourth-order valence-electron chi connectivity index (χ4n) is 4.08. The molecule has 1 saturated heterocycles. The number of amides is 1. The summed E-state index contributed by atoms with van der Waals surface area (Å²) in [5.74, 6) is -0.664. The van der Waals surface area contributed by atoms with Gasteiger partial charge in [0, 0.05) is 12.6 Å². The number of esters is 1. The van der Waals surface area contributed by atoms with Crippen molar-refractivity contribution in [1.82, 2.24) is 4.90 Å². The highest BCUT2D eigenvalue weighted by atomic mass is 19.1. The molecular formula is C23H26FNO4. The van der Waals surface area contributed by atoms with Crippen LogP contribution in [-0.4, -0.2) is 36.7 Å². The molecule has 2 aromatic rings. The van der Waals surface area contributed by atoms with E-state index in [1.165, 1.54) is 19.2 Å². The van der Waals surface area contributed by atoms with Gasteiger partial charge in [0.15, 0.2) is 0 Å². The van der Waals surface area contributed by atoms with E-state index >= 15 is 0 Å². The van der Waals surface area contributed by atoms with Crippen molar-refractivity contribution in [2.75, 3.05) is 13.7 Å². The zero-order valence-corrected chi connectivity index (χ0v) is 16.8. The lowest BCUT2D eigenvalue weighted by atomic mass is 9.71. The molecule has 154 valence electrons. The lowest BCUT2D eigenvalue weighted by Gasteiger charge is -2.43. The molecular weight excluding hydrogens is 373 g/mol. The Bertz CT molecular complexity index is 857. The summed E-state index contributed by atoms with van der Waals surface area (Å²) in [5, 5.41) is 0. The van der Waals surface area contributed by atoms with Crippen molar-refractivity contribution in [1.29, 1.82) is 0 Å². The molecule has 0 radical (unpaired) electrons. The summed E-state index contributed by atoms with van der Waals surface area (Å²) in [6.07, 6.45) is 0.831. The quantitative estimate of drug-likeness (QED) is 0.702. The maximum atomic E-state index is 13.6.